The molecule has 22 heavy (non-hydrogen) atoms. The number of aliphatic hydroxyl groups excluding tert-OH is 1. The first-order chi connectivity index (χ1) is 10.8. The van der Waals surface area contributed by atoms with Crippen LogP contribution < -0.4 is 0 Å². The summed E-state index contributed by atoms with van der Waals surface area (Å²) in [5.74, 6) is 1.13. The maximum Gasteiger partial charge on any atom is 0.125 e. The minimum absolute atomic E-state index is 0.376. The number of aliphatic imine (C=N–C) groups is 1. The third-order valence-corrected chi connectivity index (χ3v) is 4.67. The Hall–Kier alpha value is -0.570. The Balaban J connectivity index is 1.84. The summed E-state index contributed by atoms with van der Waals surface area (Å²) in [4.78, 5) is 6.55. The fourth-order valence-corrected chi connectivity index (χ4v) is 3.26. The number of hydrogen-bond donors (Lipinski definition) is 1. The Morgan fingerprint density at radius 2 is 1.41 bits per heavy atom. The van der Waals surface area contributed by atoms with Gasteiger partial charge in [0, 0.05) is 13.0 Å². The van der Waals surface area contributed by atoms with Gasteiger partial charge in [-0.15, -0.1) is 0 Å². The van der Waals surface area contributed by atoms with Crippen molar-refractivity contribution in [3.05, 3.63) is 0 Å². The SMILES string of the molecule is CCCCCCCCCCCCCCC1=NCCN1C(C)O. The van der Waals surface area contributed by atoms with Crippen molar-refractivity contribution < 1.29 is 5.11 Å². The van der Waals surface area contributed by atoms with E-state index in [1.54, 1.807) is 0 Å². The molecule has 3 nitrogen and oxygen atoms in total. The van der Waals surface area contributed by atoms with Crippen LogP contribution in [0.3, 0.4) is 0 Å². The molecule has 0 saturated heterocycles. The van der Waals surface area contributed by atoms with Crippen molar-refractivity contribution in [2.45, 2.75) is 104 Å². The molecule has 1 aliphatic rings. The number of aliphatic hydroxyl groups is 1. The van der Waals surface area contributed by atoms with Gasteiger partial charge in [0.15, 0.2) is 0 Å². The van der Waals surface area contributed by atoms with Gasteiger partial charge in [0.2, 0.25) is 0 Å². The van der Waals surface area contributed by atoms with Crippen molar-refractivity contribution in [3.8, 4) is 0 Å². The molecule has 0 bridgehead atoms. The Morgan fingerprint density at radius 1 is 0.909 bits per heavy atom. The van der Waals surface area contributed by atoms with E-state index < -0.39 is 0 Å². The molecular formula is C19H38N2O. The molecule has 0 amide bonds. The smallest absolute Gasteiger partial charge is 0.125 e. The number of unbranched alkanes of at least 4 members (excludes halogenated alkanes) is 11. The van der Waals surface area contributed by atoms with Crippen molar-refractivity contribution in [1.29, 1.82) is 0 Å². The Morgan fingerprint density at radius 3 is 1.91 bits per heavy atom. The molecule has 0 aromatic heterocycles. The van der Waals surface area contributed by atoms with Crippen LogP contribution in [0.15, 0.2) is 4.99 Å². The number of hydrogen-bond acceptors (Lipinski definition) is 3. The average Bonchev–Trinajstić information content (AvgIpc) is 2.97. The lowest BCUT2D eigenvalue weighted by Crippen LogP contribution is -2.35. The van der Waals surface area contributed by atoms with Crippen LogP contribution in [0.2, 0.25) is 0 Å². The van der Waals surface area contributed by atoms with Gasteiger partial charge in [-0.25, -0.2) is 0 Å². The van der Waals surface area contributed by atoms with E-state index in [4.69, 9.17) is 0 Å². The van der Waals surface area contributed by atoms with Gasteiger partial charge in [-0.1, -0.05) is 77.6 Å². The summed E-state index contributed by atoms with van der Waals surface area (Å²) >= 11 is 0. The topological polar surface area (TPSA) is 35.8 Å². The second-order valence-corrected chi connectivity index (χ2v) is 6.76. The Bertz CT molecular complexity index is 289. The van der Waals surface area contributed by atoms with Crippen LogP contribution in [0.4, 0.5) is 0 Å². The zero-order chi connectivity index (χ0) is 16.0. The second-order valence-electron chi connectivity index (χ2n) is 6.76. The molecule has 0 saturated carbocycles. The van der Waals surface area contributed by atoms with Gasteiger partial charge in [0.05, 0.1) is 6.54 Å². The molecule has 0 aromatic rings. The van der Waals surface area contributed by atoms with Crippen molar-refractivity contribution in [2.24, 2.45) is 4.99 Å². The summed E-state index contributed by atoms with van der Waals surface area (Å²) in [7, 11) is 0. The van der Waals surface area contributed by atoms with Crippen LogP contribution in [0.25, 0.3) is 0 Å². The molecule has 0 aromatic carbocycles. The maximum absolute atomic E-state index is 9.66. The first kappa shape index (κ1) is 19.5. The molecule has 1 heterocycles. The quantitative estimate of drug-likeness (QED) is 0.451. The molecule has 1 N–H and O–H groups in total. The van der Waals surface area contributed by atoms with E-state index in [1.807, 2.05) is 11.8 Å². The summed E-state index contributed by atoms with van der Waals surface area (Å²) in [6.07, 6.45) is 17.3. The lowest BCUT2D eigenvalue weighted by molar-refractivity contribution is 0.0766. The third kappa shape index (κ3) is 8.77. The van der Waals surface area contributed by atoms with Crippen molar-refractivity contribution in [1.82, 2.24) is 4.90 Å². The number of nitrogens with zero attached hydrogens (tertiary/aromatic N) is 2. The normalized spacial score (nSPS) is 16.1. The van der Waals surface area contributed by atoms with Crippen LogP contribution in [-0.2, 0) is 0 Å². The fourth-order valence-electron chi connectivity index (χ4n) is 3.26. The Labute approximate surface area is 138 Å². The molecule has 3 heteroatoms. The highest BCUT2D eigenvalue weighted by molar-refractivity contribution is 5.83. The zero-order valence-electron chi connectivity index (χ0n) is 15.0. The van der Waals surface area contributed by atoms with E-state index in [1.165, 1.54) is 77.0 Å². The van der Waals surface area contributed by atoms with Crippen molar-refractivity contribution >= 4 is 5.84 Å². The summed E-state index contributed by atoms with van der Waals surface area (Å²) in [6, 6.07) is 0. The molecule has 0 radical (unpaired) electrons. The van der Waals surface area contributed by atoms with Crippen LogP contribution in [-0.4, -0.2) is 35.2 Å². The van der Waals surface area contributed by atoms with Crippen LogP contribution in [0.1, 0.15) is 97.3 Å². The Kier molecular flexibility index (Phi) is 11.4. The number of amidine groups is 1. The minimum Gasteiger partial charge on any atom is -0.374 e. The lowest BCUT2D eigenvalue weighted by atomic mass is 10.0. The molecule has 1 atom stereocenters. The van der Waals surface area contributed by atoms with E-state index in [0.717, 1.165) is 25.3 Å². The van der Waals surface area contributed by atoms with Gasteiger partial charge >= 0.3 is 0 Å². The van der Waals surface area contributed by atoms with E-state index >= 15 is 0 Å². The summed E-state index contributed by atoms with van der Waals surface area (Å²) in [5, 5.41) is 9.66. The summed E-state index contributed by atoms with van der Waals surface area (Å²) in [6.45, 7) is 5.87. The molecule has 130 valence electrons. The first-order valence-electron chi connectivity index (χ1n) is 9.73. The van der Waals surface area contributed by atoms with Crippen LogP contribution in [0.5, 0.6) is 0 Å². The van der Waals surface area contributed by atoms with Crippen molar-refractivity contribution in [2.75, 3.05) is 13.1 Å². The van der Waals surface area contributed by atoms with Gasteiger partial charge in [-0.05, 0) is 13.3 Å². The molecule has 1 unspecified atom stereocenters. The lowest BCUT2D eigenvalue weighted by Gasteiger charge is -2.23. The van der Waals surface area contributed by atoms with Crippen LogP contribution >= 0.6 is 0 Å². The highest BCUT2D eigenvalue weighted by atomic mass is 16.3. The summed E-state index contributed by atoms with van der Waals surface area (Å²) < 4.78 is 0. The number of rotatable bonds is 14. The maximum atomic E-state index is 9.66. The monoisotopic (exact) mass is 310 g/mol. The van der Waals surface area contributed by atoms with Gasteiger partial charge in [-0.3, -0.25) is 4.99 Å². The van der Waals surface area contributed by atoms with E-state index in [2.05, 4.69) is 11.9 Å². The predicted octanol–water partition coefficient (Wildman–Crippen LogP) is 5.13. The van der Waals surface area contributed by atoms with Crippen LogP contribution in [0, 0.1) is 0 Å². The van der Waals surface area contributed by atoms with E-state index in [9.17, 15) is 5.11 Å². The van der Waals surface area contributed by atoms with E-state index in [0.29, 0.717) is 0 Å². The largest absolute Gasteiger partial charge is 0.374 e. The molecule has 0 fully saturated rings. The molecule has 1 rings (SSSR count). The van der Waals surface area contributed by atoms with Gasteiger partial charge in [0.1, 0.15) is 12.1 Å². The standard InChI is InChI=1S/C19H38N2O/c1-3-4-5-6-7-8-9-10-11-12-13-14-15-19-20-16-17-21(19)18(2)22/h18,22H,3-17H2,1-2H3. The fraction of sp³-hybridized carbons (Fsp3) is 0.947. The summed E-state index contributed by atoms with van der Waals surface area (Å²) in [5.41, 5.74) is 0. The van der Waals surface area contributed by atoms with Crippen molar-refractivity contribution in [3.63, 3.8) is 0 Å². The second kappa shape index (κ2) is 12.9. The van der Waals surface area contributed by atoms with Gasteiger partial charge in [-0.2, -0.15) is 0 Å². The molecule has 0 spiro atoms. The molecule has 0 aliphatic carbocycles. The average molecular weight is 311 g/mol. The first-order valence-corrected chi connectivity index (χ1v) is 9.73. The van der Waals surface area contributed by atoms with Gasteiger partial charge < -0.3 is 10.0 Å². The highest BCUT2D eigenvalue weighted by Crippen LogP contribution is 2.15. The molecular weight excluding hydrogens is 272 g/mol. The molecule has 1 aliphatic heterocycles. The van der Waals surface area contributed by atoms with E-state index in [-0.39, 0.29) is 6.23 Å². The third-order valence-electron chi connectivity index (χ3n) is 4.67. The minimum atomic E-state index is -0.376. The van der Waals surface area contributed by atoms with Gasteiger partial charge in [0.25, 0.3) is 0 Å². The predicted molar refractivity (Wildman–Crippen MR) is 96.4 cm³/mol. The highest BCUT2D eigenvalue weighted by Gasteiger charge is 2.19. The zero-order valence-corrected chi connectivity index (χ0v) is 15.0.